The number of furan rings is 1. The topological polar surface area (TPSA) is 61.6 Å². The fraction of sp³-hybridized carbons (Fsp3) is 0.143. The van der Waals surface area contributed by atoms with Crippen LogP contribution in [0.1, 0.15) is 16.2 Å². The van der Waals surface area contributed by atoms with Crippen LogP contribution in [0, 0.1) is 0 Å². The Balaban J connectivity index is 2.17. The molecule has 2 aromatic rings. The molecule has 2 heterocycles. The first kappa shape index (κ1) is 12.9. The van der Waals surface area contributed by atoms with Crippen LogP contribution in [0.15, 0.2) is 41.2 Å². The summed E-state index contributed by atoms with van der Waals surface area (Å²) in [4.78, 5) is 15.8. The number of pyridine rings is 1. The summed E-state index contributed by atoms with van der Waals surface area (Å²) in [7, 11) is 3.08. The fourth-order valence-electron chi connectivity index (χ4n) is 1.51. The lowest BCUT2D eigenvalue weighted by molar-refractivity contribution is 0.102. The Morgan fingerprint density at radius 2 is 2.11 bits per heavy atom. The van der Waals surface area contributed by atoms with Crippen LogP contribution in [-0.2, 0) is 0 Å². The Morgan fingerprint density at radius 1 is 1.32 bits per heavy atom. The minimum absolute atomic E-state index is 0.221. The number of aromatic nitrogens is 1. The molecule has 2 aromatic heterocycles. The number of nitrogens with zero attached hydrogens (tertiary/aromatic N) is 1. The van der Waals surface area contributed by atoms with Crippen LogP contribution >= 0.6 is 0 Å². The molecular weight excluding hydrogens is 246 g/mol. The molecule has 5 heteroatoms. The minimum atomic E-state index is -0.221. The third-order valence-electron chi connectivity index (χ3n) is 2.46. The van der Waals surface area contributed by atoms with Crippen LogP contribution in [0.2, 0.25) is 0 Å². The van der Waals surface area contributed by atoms with Crippen LogP contribution in [-0.4, -0.2) is 25.0 Å². The second kappa shape index (κ2) is 5.86. The highest BCUT2D eigenvalue weighted by Crippen LogP contribution is 2.26. The van der Waals surface area contributed by atoms with Gasteiger partial charge in [0.25, 0.3) is 0 Å². The summed E-state index contributed by atoms with van der Waals surface area (Å²) < 4.78 is 15.2. The molecule has 0 aliphatic carbocycles. The van der Waals surface area contributed by atoms with Crippen LogP contribution in [0.3, 0.4) is 0 Å². The van der Waals surface area contributed by atoms with Gasteiger partial charge in [-0.2, -0.15) is 0 Å². The number of hydrogen-bond acceptors (Lipinski definition) is 5. The molecule has 98 valence electrons. The monoisotopic (exact) mass is 259 g/mol. The van der Waals surface area contributed by atoms with Gasteiger partial charge in [-0.15, -0.1) is 0 Å². The SMILES string of the molecule is COc1cnc(/C=C/C(=O)c2ccco2)cc1OC. The highest BCUT2D eigenvalue weighted by atomic mass is 16.5. The summed E-state index contributed by atoms with van der Waals surface area (Å²) in [5, 5.41) is 0. The van der Waals surface area contributed by atoms with Crippen LogP contribution in [0.5, 0.6) is 11.5 Å². The molecule has 0 saturated carbocycles. The first-order valence-electron chi connectivity index (χ1n) is 5.58. The standard InChI is InChI=1S/C14H13NO4/c1-17-13-8-10(15-9-14(13)18-2)5-6-11(16)12-4-3-7-19-12/h3-9H,1-2H3/b6-5+. The summed E-state index contributed by atoms with van der Waals surface area (Å²) >= 11 is 0. The van der Waals surface area contributed by atoms with Crippen molar-refractivity contribution in [2.24, 2.45) is 0 Å². The second-order valence-corrected chi connectivity index (χ2v) is 3.64. The molecule has 0 spiro atoms. The maximum Gasteiger partial charge on any atom is 0.221 e. The molecule has 0 unspecified atom stereocenters. The van der Waals surface area contributed by atoms with Crippen molar-refractivity contribution in [2.75, 3.05) is 14.2 Å². The van der Waals surface area contributed by atoms with E-state index in [2.05, 4.69) is 4.98 Å². The third-order valence-corrected chi connectivity index (χ3v) is 2.46. The zero-order valence-electron chi connectivity index (χ0n) is 10.6. The van der Waals surface area contributed by atoms with Crippen molar-refractivity contribution in [1.82, 2.24) is 4.98 Å². The summed E-state index contributed by atoms with van der Waals surface area (Å²) in [6, 6.07) is 4.95. The number of rotatable bonds is 5. The van der Waals surface area contributed by atoms with E-state index < -0.39 is 0 Å². The molecule has 0 bridgehead atoms. The van der Waals surface area contributed by atoms with Gasteiger partial charge >= 0.3 is 0 Å². The van der Waals surface area contributed by atoms with E-state index in [0.717, 1.165) is 0 Å². The van der Waals surface area contributed by atoms with Gasteiger partial charge in [-0.1, -0.05) is 0 Å². The second-order valence-electron chi connectivity index (χ2n) is 3.64. The number of methoxy groups -OCH3 is 2. The third kappa shape index (κ3) is 3.01. The summed E-state index contributed by atoms with van der Waals surface area (Å²) in [6.07, 6.45) is 5.98. The first-order valence-corrected chi connectivity index (χ1v) is 5.58. The van der Waals surface area contributed by atoms with E-state index in [0.29, 0.717) is 17.2 Å². The van der Waals surface area contributed by atoms with E-state index in [1.54, 1.807) is 31.4 Å². The smallest absolute Gasteiger partial charge is 0.221 e. The highest BCUT2D eigenvalue weighted by Gasteiger charge is 2.06. The number of ether oxygens (including phenoxy) is 2. The van der Waals surface area contributed by atoms with Gasteiger partial charge in [0.1, 0.15) is 0 Å². The molecule has 0 fully saturated rings. The molecule has 0 aliphatic heterocycles. The molecule has 2 rings (SSSR count). The molecule has 19 heavy (non-hydrogen) atoms. The zero-order chi connectivity index (χ0) is 13.7. The molecule has 0 amide bonds. The molecule has 0 radical (unpaired) electrons. The number of carbonyl (C=O) groups excluding carboxylic acids is 1. The predicted octanol–water partition coefficient (Wildman–Crippen LogP) is 2.59. The first-order chi connectivity index (χ1) is 9.24. The van der Waals surface area contributed by atoms with Crippen molar-refractivity contribution < 1.29 is 18.7 Å². The maximum atomic E-state index is 11.7. The molecular formula is C14H13NO4. The van der Waals surface area contributed by atoms with Crippen LogP contribution in [0.4, 0.5) is 0 Å². The van der Waals surface area contributed by atoms with Gasteiger partial charge in [0.05, 0.1) is 32.4 Å². The van der Waals surface area contributed by atoms with E-state index in [1.807, 2.05) is 0 Å². The Bertz CT molecular complexity index is 587. The summed E-state index contributed by atoms with van der Waals surface area (Å²) in [6.45, 7) is 0. The molecule has 0 atom stereocenters. The maximum absolute atomic E-state index is 11.7. The normalized spacial score (nSPS) is 10.6. The van der Waals surface area contributed by atoms with Crippen molar-refractivity contribution in [1.29, 1.82) is 0 Å². The molecule has 0 aromatic carbocycles. The number of carbonyl (C=O) groups is 1. The molecule has 0 N–H and O–H groups in total. The lowest BCUT2D eigenvalue weighted by Gasteiger charge is -2.06. The average molecular weight is 259 g/mol. The largest absolute Gasteiger partial charge is 0.493 e. The van der Waals surface area contributed by atoms with E-state index in [4.69, 9.17) is 13.9 Å². The van der Waals surface area contributed by atoms with Crippen molar-refractivity contribution in [2.45, 2.75) is 0 Å². The Hall–Kier alpha value is -2.56. The van der Waals surface area contributed by atoms with Gasteiger partial charge in [-0.3, -0.25) is 9.78 Å². The Kier molecular flexibility index (Phi) is 3.97. The van der Waals surface area contributed by atoms with Crippen molar-refractivity contribution in [3.8, 4) is 11.5 Å². The minimum Gasteiger partial charge on any atom is -0.493 e. The summed E-state index contributed by atoms with van der Waals surface area (Å²) in [5.41, 5.74) is 0.595. The van der Waals surface area contributed by atoms with Gasteiger partial charge in [0.2, 0.25) is 5.78 Å². The quantitative estimate of drug-likeness (QED) is 0.610. The van der Waals surface area contributed by atoms with Crippen molar-refractivity contribution in [3.63, 3.8) is 0 Å². The number of hydrogen-bond donors (Lipinski definition) is 0. The van der Waals surface area contributed by atoms with Crippen LogP contribution < -0.4 is 9.47 Å². The van der Waals surface area contributed by atoms with E-state index in [-0.39, 0.29) is 11.5 Å². The lowest BCUT2D eigenvalue weighted by atomic mass is 10.2. The molecule has 0 saturated heterocycles. The van der Waals surface area contributed by atoms with Crippen molar-refractivity contribution >= 4 is 11.9 Å². The highest BCUT2D eigenvalue weighted by molar-refractivity contribution is 6.04. The van der Waals surface area contributed by atoms with Crippen LogP contribution in [0.25, 0.3) is 6.08 Å². The van der Waals surface area contributed by atoms with E-state index in [9.17, 15) is 4.79 Å². The predicted molar refractivity (Wildman–Crippen MR) is 69.4 cm³/mol. The Labute approximate surface area is 110 Å². The van der Waals surface area contributed by atoms with Gasteiger partial charge < -0.3 is 13.9 Å². The van der Waals surface area contributed by atoms with Gasteiger partial charge in [0.15, 0.2) is 17.3 Å². The average Bonchev–Trinajstić information content (AvgIpc) is 2.98. The van der Waals surface area contributed by atoms with Gasteiger partial charge in [-0.25, -0.2) is 0 Å². The van der Waals surface area contributed by atoms with E-state index in [1.165, 1.54) is 25.6 Å². The molecule has 0 aliphatic rings. The molecule has 5 nitrogen and oxygen atoms in total. The lowest BCUT2D eigenvalue weighted by Crippen LogP contribution is -1.94. The van der Waals surface area contributed by atoms with E-state index >= 15 is 0 Å². The zero-order valence-corrected chi connectivity index (χ0v) is 10.6. The number of ketones is 1. The van der Waals surface area contributed by atoms with Crippen molar-refractivity contribution in [3.05, 3.63) is 48.2 Å². The fourth-order valence-corrected chi connectivity index (χ4v) is 1.51. The van der Waals surface area contributed by atoms with Gasteiger partial charge in [-0.05, 0) is 24.3 Å². The number of allylic oxidation sites excluding steroid dienone is 1. The Morgan fingerprint density at radius 3 is 2.74 bits per heavy atom. The summed E-state index contributed by atoms with van der Waals surface area (Å²) in [5.74, 6) is 1.16. The van der Waals surface area contributed by atoms with Gasteiger partial charge in [0, 0.05) is 6.07 Å².